The predicted molar refractivity (Wildman–Crippen MR) is 106 cm³/mol. The third-order valence-corrected chi connectivity index (χ3v) is 5.17. The van der Waals surface area contributed by atoms with Crippen molar-refractivity contribution in [2.75, 3.05) is 5.32 Å². The zero-order valence-corrected chi connectivity index (χ0v) is 15.9. The lowest BCUT2D eigenvalue weighted by atomic mass is 10.1. The van der Waals surface area contributed by atoms with Crippen molar-refractivity contribution in [3.8, 4) is 11.3 Å². The molecule has 0 spiro atoms. The van der Waals surface area contributed by atoms with Crippen molar-refractivity contribution in [3.63, 3.8) is 0 Å². The van der Waals surface area contributed by atoms with Gasteiger partial charge in [-0.05, 0) is 42.8 Å². The van der Waals surface area contributed by atoms with E-state index >= 15 is 0 Å². The monoisotopic (exact) mass is 430 g/mol. The highest BCUT2D eigenvalue weighted by atomic mass is 79.9. The minimum Gasteiger partial charge on any atom is -0.419 e. The second kappa shape index (κ2) is 6.66. The summed E-state index contributed by atoms with van der Waals surface area (Å²) in [6.07, 6.45) is 0. The summed E-state index contributed by atoms with van der Waals surface area (Å²) in [6, 6.07) is 12.0. The predicted octanol–water partition coefficient (Wildman–Crippen LogP) is 5.87. The summed E-state index contributed by atoms with van der Waals surface area (Å²) in [5.74, 6) is -0.558. The molecule has 0 saturated carbocycles. The summed E-state index contributed by atoms with van der Waals surface area (Å²) in [7, 11) is 0. The van der Waals surface area contributed by atoms with E-state index in [-0.39, 0.29) is 5.58 Å². The van der Waals surface area contributed by atoms with Gasteiger partial charge in [0.15, 0.2) is 16.5 Å². The fourth-order valence-corrected chi connectivity index (χ4v) is 3.82. The van der Waals surface area contributed by atoms with E-state index in [0.29, 0.717) is 21.8 Å². The van der Waals surface area contributed by atoms with Crippen molar-refractivity contribution >= 4 is 49.1 Å². The molecule has 4 nitrogen and oxygen atoms in total. The maximum atomic E-state index is 13.8. The van der Waals surface area contributed by atoms with Gasteiger partial charge >= 0.3 is 5.63 Å². The number of halogens is 2. The number of para-hydroxylation sites is 1. The Kier molecular flexibility index (Phi) is 4.34. The smallest absolute Gasteiger partial charge is 0.345 e. The normalized spacial score (nSPS) is 11.0. The van der Waals surface area contributed by atoms with Crippen LogP contribution in [0.1, 0.15) is 5.56 Å². The zero-order valence-electron chi connectivity index (χ0n) is 13.5. The minimum absolute atomic E-state index is 0.0414. The number of benzene rings is 2. The van der Waals surface area contributed by atoms with Crippen molar-refractivity contribution < 1.29 is 8.81 Å². The maximum absolute atomic E-state index is 13.8. The van der Waals surface area contributed by atoms with Gasteiger partial charge in [0.1, 0.15) is 0 Å². The SMILES string of the molecule is Cc1cc(Br)ccc1Nc1nc(-c2cc3cccc(F)c3oc2=O)cs1. The second-order valence-corrected chi connectivity index (χ2v) is 7.50. The van der Waals surface area contributed by atoms with Crippen LogP contribution in [0.25, 0.3) is 22.2 Å². The average Bonchev–Trinajstić information content (AvgIpc) is 3.06. The number of anilines is 2. The summed E-state index contributed by atoms with van der Waals surface area (Å²) in [6.45, 7) is 1.99. The van der Waals surface area contributed by atoms with Crippen LogP contribution in [0.15, 0.2) is 61.5 Å². The molecule has 2 heterocycles. The minimum atomic E-state index is -0.612. The summed E-state index contributed by atoms with van der Waals surface area (Å²) < 4.78 is 19.9. The van der Waals surface area contributed by atoms with Gasteiger partial charge in [0.2, 0.25) is 0 Å². The largest absolute Gasteiger partial charge is 0.419 e. The Bertz CT molecular complexity index is 1190. The van der Waals surface area contributed by atoms with Gasteiger partial charge < -0.3 is 9.73 Å². The zero-order chi connectivity index (χ0) is 18.3. The first-order valence-electron chi connectivity index (χ1n) is 7.73. The number of fused-ring (bicyclic) bond motifs is 1. The van der Waals surface area contributed by atoms with E-state index in [1.807, 2.05) is 25.1 Å². The van der Waals surface area contributed by atoms with Gasteiger partial charge in [0.05, 0.1) is 11.3 Å². The molecule has 0 aliphatic carbocycles. The van der Waals surface area contributed by atoms with E-state index in [0.717, 1.165) is 15.7 Å². The van der Waals surface area contributed by atoms with Gasteiger partial charge in [0, 0.05) is 20.9 Å². The highest BCUT2D eigenvalue weighted by molar-refractivity contribution is 9.10. The van der Waals surface area contributed by atoms with Crippen LogP contribution >= 0.6 is 27.3 Å². The topological polar surface area (TPSA) is 55.1 Å². The molecule has 7 heteroatoms. The molecule has 26 heavy (non-hydrogen) atoms. The van der Waals surface area contributed by atoms with Crippen LogP contribution in [0.5, 0.6) is 0 Å². The molecule has 130 valence electrons. The number of rotatable bonds is 3. The number of aromatic nitrogens is 1. The van der Waals surface area contributed by atoms with E-state index in [4.69, 9.17) is 4.42 Å². The first-order chi connectivity index (χ1) is 12.5. The number of nitrogens with zero attached hydrogens (tertiary/aromatic N) is 1. The first-order valence-corrected chi connectivity index (χ1v) is 9.40. The molecule has 0 unspecified atom stereocenters. The fourth-order valence-electron chi connectivity index (χ4n) is 2.62. The van der Waals surface area contributed by atoms with Gasteiger partial charge in [-0.1, -0.05) is 28.1 Å². The molecule has 0 aliphatic heterocycles. The van der Waals surface area contributed by atoms with Gasteiger partial charge in [-0.2, -0.15) is 0 Å². The molecular weight excluding hydrogens is 419 g/mol. The van der Waals surface area contributed by atoms with E-state index in [2.05, 4.69) is 26.2 Å². The Balaban J connectivity index is 1.71. The highest BCUT2D eigenvalue weighted by Gasteiger charge is 2.14. The molecule has 0 fully saturated rings. The molecule has 2 aromatic carbocycles. The second-order valence-electron chi connectivity index (χ2n) is 5.73. The molecule has 0 saturated heterocycles. The lowest BCUT2D eigenvalue weighted by molar-refractivity contribution is 0.525. The third-order valence-electron chi connectivity index (χ3n) is 3.92. The molecule has 4 rings (SSSR count). The lowest BCUT2D eigenvalue weighted by Gasteiger charge is -2.06. The standard InChI is InChI=1S/C19H12BrFN2O2S/c1-10-7-12(20)5-6-15(10)22-19-23-16(9-26-19)13-8-11-3-2-4-14(21)17(11)25-18(13)24/h2-9H,1H3,(H,22,23). The first kappa shape index (κ1) is 16.9. The van der Waals surface area contributed by atoms with E-state index < -0.39 is 11.4 Å². The fraction of sp³-hybridized carbons (Fsp3) is 0.0526. The van der Waals surface area contributed by atoms with Gasteiger partial charge in [-0.15, -0.1) is 11.3 Å². The van der Waals surface area contributed by atoms with Crippen LogP contribution in [0, 0.1) is 12.7 Å². The van der Waals surface area contributed by atoms with Crippen molar-refractivity contribution in [2.45, 2.75) is 6.92 Å². The quantitative estimate of drug-likeness (QED) is 0.412. The van der Waals surface area contributed by atoms with Gasteiger partial charge in [-0.3, -0.25) is 0 Å². The van der Waals surface area contributed by atoms with Crippen molar-refractivity contribution in [1.82, 2.24) is 4.98 Å². The molecule has 0 radical (unpaired) electrons. The average molecular weight is 431 g/mol. The number of nitrogens with one attached hydrogen (secondary N) is 1. The summed E-state index contributed by atoms with van der Waals surface area (Å²) in [5, 5.41) is 6.20. The Morgan fingerprint density at radius 3 is 2.88 bits per heavy atom. The van der Waals surface area contributed by atoms with Crippen molar-refractivity contribution in [1.29, 1.82) is 0 Å². The molecule has 0 aliphatic rings. The number of thiazole rings is 1. The molecule has 0 atom stereocenters. The third kappa shape index (κ3) is 3.15. The van der Waals surface area contributed by atoms with Gasteiger partial charge in [0.25, 0.3) is 0 Å². The van der Waals surface area contributed by atoms with E-state index in [1.165, 1.54) is 17.4 Å². The Hall–Kier alpha value is -2.51. The van der Waals surface area contributed by atoms with Crippen LogP contribution in [0.2, 0.25) is 0 Å². The Morgan fingerprint density at radius 1 is 1.23 bits per heavy atom. The van der Waals surface area contributed by atoms with Crippen LogP contribution in [-0.2, 0) is 0 Å². The maximum Gasteiger partial charge on any atom is 0.345 e. The van der Waals surface area contributed by atoms with Gasteiger partial charge in [-0.25, -0.2) is 14.2 Å². The molecule has 0 bridgehead atoms. The molecule has 0 amide bonds. The lowest BCUT2D eigenvalue weighted by Crippen LogP contribution is -2.03. The molecular formula is C19H12BrFN2O2S. The molecule has 1 N–H and O–H groups in total. The molecule has 4 aromatic rings. The van der Waals surface area contributed by atoms with E-state index in [9.17, 15) is 9.18 Å². The van der Waals surface area contributed by atoms with Crippen molar-refractivity contribution in [2.24, 2.45) is 0 Å². The van der Waals surface area contributed by atoms with Crippen molar-refractivity contribution in [3.05, 3.63) is 74.1 Å². The summed E-state index contributed by atoms with van der Waals surface area (Å²) in [5.41, 5.74) is 2.14. The van der Waals surface area contributed by atoms with Crippen LogP contribution < -0.4 is 10.9 Å². The number of hydrogen-bond acceptors (Lipinski definition) is 5. The van der Waals surface area contributed by atoms with Crippen LogP contribution in [0.3, 0.4) is 0 Å². The highest BCUT2D eigenvalue weighted by Crippen LogP contribution is 2.29. The van der Waals surface area contributed by atoms with Crippen LogP contribution in [0.4, 0.5) is 15.2 Å². The van der Waals surface area contributed by atoms with E-state index in [1.54, 1.807) is 23.6 Å². The summed E-state index contributed by atoms with van der Waals surface area (Å²) in [4.78, 5) is 16.7. The summed E-state index contributed by atoms with van der Waals surface area (Å²) >= 11 is 4.82. The number of hydrogen-bond donors (Lipinski definition) is 1. The Labute approximate surface area is 160 Å². The molecule has 2 aromatic heterocycles. The van der Waals surface area contributed by atoms with Crippen LogP contribution in [-0.4, -0.2) is 4.98 Å². The number of aryl methyl sites for hydroxylation is 1. The Morgan fingerprint density at radius 2 is 2.08 bits per heavy atom.